The third-order valence-corrected chi connectivity index (χ3v) is 6.59. The van der Waals surface area contributed by atoms with E-state index >= 15 is 0 Å². The summed E-state index contributed by atoms with van der Waals surface area (Å²) < 4.78 is 4.42. The highest BCUT2D eigenvalue weighted by Crippen LogP contribution is 2.54. The molecule has 1 aromatic carbocycles. The minimum atomic E-state index is -1.27. The van der Waals surface area contributed by atoms with Crippen LogP contribution in [0.1, 0.15) is 31.1 Å². The van der Waals surface area contributed by atoms with Crippen molar-refractivity contribution in [1.29, 1.82) is 0 Å². The fourth-order valence-corrected chi connectivity index (χ4v) is 5.20. The third-order valence-electron chi connectivity index (χ3n) is 4.84. The van der Waals surface area contributed by atoms with Gasteiger partial charge in [0.15, 0.2) is 0 Å². The summed E-state index contributed by atoms with van der Waals surface area (Å²) in [6.07, 6.45) is 0. The Morgan fingerprint density at radius 2 is 1.96 bits per heavy atom. The van der Waals surface area contributed by atoms with Crippen LogP contribution >= 0.6 is 11.8 Å². The summed E-state index contributed by atoms with van der Waals surface area (Å²) in [6, 6.07) is 3.45. The molecule has 0 bridgehead atoms. The number of amides is 2. The lowest BCUT2D eigenvalue weighted by Crippen LogP contribution is -2.78. The zero-order chi connectivity index (χ0) is 19.4. The lowest BCUT2D eigenvalue weighted by molar-refractivity contribution is -0.165. The van der Waals surface area contributed by atoms with Crippen LogP contribution in [-0.2, 0) is 9.59 Å². The monoisotopic (exact) mass is 380 g/mol. The van der Waals surface area contributed by atoms with Crippen LogP contribution in [-0.4, -0.2) is 61.7 Å². The van der Waals surface area contributed by atoms with Crippen molar-refractivity contribution in [2.45, 2.75) is 42.5 Å². The second-order valence-electron chi connectivity index (χ2n) is 7.04. The molecular weight excluding hydrogens is 360 g/mol. The first-order valence-electron chi connectivity index (χ1n) is 7.96. The molecule has 2 fully saturated rings. The molecule has 26 heavy (non-hydrogen) atoms. The maximum absolute atomic E-state index is 12.7. The first-order chi connectivity index (χ1) is 12.0. The number of carbonyl (C=O) groups is 3. The molecule has 0 spiro atoms. The Hall–Kier alpha value is -2.42. The van der Waals surface area contributed by atoms with E-state index in [1.165, 1.54) is 42.0 Å². The average molecular weight is 380 g/mol. The van der Waals surface area contributed by atoms with Gasteiger partial charge in [-0.2, -0.15) is 0 Å². The number of aromatic hydroxyl groups is 1. The Kier molecular flexibility index (Phi) is 4.10. The molecule has 2 aliphatic rings. The second kappa shape index (κ2) is 5.80. The van der Waals surface area contributed by atoms with Gasteiger partial charge in [-0.1, -0.05) is 6.07 Å². The van der Waals surface area contributed by atoms with Gasteiger partial charge in [0.1, 0.15) is 34.0 Å². The number of carbonyl (C=O) groups excluding carboxylic acids is 2. The molecule has 2 aliphatic heterocycles. The molecule has 8 nitrogen and oxygen atoms in total. The molecule has 140 valence electrons. The lowest BCUT2D eigenvalue weighted by atomic mass is 9.86. The van der Waals surface area contributed by atoms with Crippen molar-refractivity contribution in [3.63, 3.8) is 0 Å². The summed E-state index contributed by atoms with van der Waals surface area (Å²) >= 11 is 1.33. The van der Waals surface area contributed by atoms with E-state index < -0.39 is 39.5 Å². The first-order valence-corrected chi connectivity index (χ1v) is 8.84. The van der Waals surface area contributed by atoms with Gasteiger partial charge in [-0.15, -0.1) is 11.8 Å². The minimum absolute atomic E-state index is 0.0699. The highest BCUT2D eigenvalue weighted by molar-refractivity contribution is 8.01. The van der Waals surface area contributed by atoms with E-state index in [9.17, 15) is 24.6 Å². The fraction of sp³-hybridized carbons (Fsp3) is 0.471. The fourth-order valence-electron chi connectivity index (χ4n) is 3.55. The predicted molar refractivity (Wildman–Crippen MR) is 94.3 cm³/mol. The molecular formula is C17H20N2O6S. The zero-order valence-corrected chi connectivity index (χ0v) is 15.6. The number of ether oxygens (including phenoxy) is 1. The number of phenolic OH excluding ortho intramolecular Hbond substituents is 1. The van der Waals surface area contributed by atoms with E-state index in [4.69, 9.17) is 4.74 Å². The van der Waals surface area contributed by atoms with Crippen LogP contribution in [0, 0.1) is 0 Å². The number of nitrogens with zero attached hydrogens (tertiary/aromatic N) is 1. The van der Waals surface area contributed by atoms with Crippen molar-refractivity contribution in [2.24, 2.45) is 0 Å². The van der Waals surface area contributed by atoms with Gasteiger partial charge in [0.05, 0.1) is 7.11 Å². The third kappa shape index (κ3) is 2.41. The molecule has 2 saturated heterocycles. The van der Waals surface area contributed by atoms with Crippen molar-refractivity contribution < 1.29 is 29.3 Å². The van der Waals surface area contributed by atoms with E-state index in [1.807, 2.05) is 0 Å². The minimum Gasteiger partial charge on any atom is -0.507 e. The van der Waals surface area contributed by atoms with Gasteiger partial charge in [-0.3, -0.25) is 9.59 Å². The molecule has 3 N–H and O–H groups in total. The first kappa shape index (κ1) is 18.4. The number of thioether (sulfide) groups is 1. The predicted octanol–water partition coefficient (Wildman–Crippen LogP) is 1.04. The van der Waals surface area contributed by atoms with Gasteiger partial charge in [0.25, 0.3) is 11.8 Å². The highest BCUT2D eigenvalue weighted by atomic mass is 32.2. The molecule has 0 unspecified atom stereocenters. The van der Waals surface area contributed by atoms with Crippen LogP contribution in [0.15, 0.2) is 18.2 Å². The molecule has 2 heterocycles. The quantitative estimate of drug-likeness (QED) is 0.668. The van der Waals surface area contributed by atoms with Gasteiger partial charge in [0.2, 0.25) is 0 Å². The van der Waals surface area contributed by atoms with Gasteiger partial charge < -0.3 is 25.2 Å². The molecule has 3 atom stereocenters. The van der Waals surface area contributed by atoms with Crippen LogP contribution in [0.4, 0.5) is 0 Å². The summed E-state index contributed by atoms with van der Waals surface area (Å²) in [5.41, 5.74) is -1.34. The normalized spacial score (nSPS) is 28.9. The molecule has 3 rings (SSSR count). The maximum Gasteiger partial charge on any atom is 0.327 e. The summed E-state index contributed by atoms with van der Waals surface area (Å²) in [4.78, 5) is 38.3. The summed E-state index contributed by atoms with van der Waals surface area (Å²) in [6.45, 7) is 5.08. The smallest absolute Gasteiger partial charge is 0.327 e. The van der Waals surface area contributed by atoms with E-state index in [1.54, 1.807) is 20.8 Å². The number of fused-ring (bicyclic) bond motifs is 1. The number of methoxy groups -OCH3 is 1. The number of hydrogen-bond acceptors (Lipinski definition) is 6. The maximum atomic E-state index is 12.7. The van der Waals surface area contributed by atoms with E-state index in [2.05, 4.69) is 5.32 Å². The van der Waals surface area contributed by atoms with Crippen molar-refractivity contribution in [3.8, 4) is 11.5 Å². The molecule has 0 radical (unpaired) electrons. The Bertz CT molecular complexity index is 810. The summed E-state index contributed by atoms with van der Waals surface area (Å²) in [5.74, 6) is -2.29. The number of phenols is 1. The molecule has 0 saturated carbocycles. The van der Waals surface area contributed by atoms with Crippen molar-refractivity contribution in [1.82, 2.24) is 10.2 Å². The van der Waals surface area contributed by atoms with Crippen LogP contribution in [0.25, 0.3) is 0 Å². The SMILES string of the molecule is COc1cccc(O)c1C(=O)N[C@@]1(C)C(=O)N2[C@@H](C(=O)O)C(C)(C)S[C@@H]21. The molecule has 9 heteroatoms. The molecule has 2 amide bonds. The van der Waals surface area contributed by atoms with Crippen LogP contribution in [0.2, 0.25) is 0 Å². The number of β-lactam (4-membered cyclic amide) rings is 1. The van der Waals surface area contributed by atoms with Crippen molar-refractivity contribution >= 4 is 29.5 Å². The number of aliphatic carboxylic acids is 1. The van der Waals surface area contributed by atoms with Gasteiger partial charge in [-0.05, 0) is 32.9 Å². The average Bonchev–Trinajstić information content (AvgIpc) is 2.83. The standard InChI is InChI=1S/C17H20N2O6S/c1-16(2)11(13(22)23)19-14(24)17(3,15(19)26-16)18-12(21)10-8(20)6-5-7-9(10)25-4/h5-7,11,15,20H,1-4H3,(H,18,21)(H,22,23)/t11-,15+,17-/m0/s1. The van der Waals surface area contributed by atoms with E-state index in [-0.39, 0.29) is 17.1 Å². The molecule has 0 aliphatic carbocycles. The Balaban J connectivity index is 1.89. The topological polar surface area (TPSA) is 116 Å². The van der Waals surface area contributed by atoms with Crippen molar-refractivity contribution in [3.05, 3.63) is 23.8 Å². The number of hydrogen-bond donors (Lipinski definition) is 3. The molecule has 1 aromatic rings. The van der Waals surface area contributed by atoms with Crippen LogP contribution in [0.3, 0.4) is 0 Å². The van der Waals surface area contributed by atoms with E-state index in [0.717, 1.165) is 0 Å². The van der Waals surface area contributed by atoms with Crippen LogP contribution < -0.4 is 10.1 Å². The number of nitrogens with one attached hydrogen (secondary N) is 1. The molecule has 0 aromatic heterocycles. The lowest BCUT2D eigenvalue weighted by Gasteiger charge is -2.51. The second-order valence-corrected chi connectivity index (χ2v) is 8.77. The number of carboxylic acids is 1. The zero-order valence-electron chi connectivity index (χ0n) is 14.8. The number of benzene rings is 1. The van der Waals surface area contributed by atoms with Gasteiger partial charge in [-0.25, -0.2) is 4.79 Å². The Labute approximate surface area is 154 Å². The Morgan fingerprint density at radius 3 is 2.54 bits per heavy atom. The van der Waals surface area contributed by atoms with Gasteiger partial charge >= 0.3 is 5.97 Å². The largest absolute Gasteiger partial charge is 0.507 e. The van der Waals surface area contributed by atoms with Gasteiger partial charge in [0, 0.05) is 4.75 Å². The van der Waals surface area contributed by atoms with Crippen LogP contribution in [0.5, 0.6) is 11.5 Å². The van der Waals surface area contributed by atoms with E-state index in [0.29, 0.717) is 0 Å². The van der Waals surface area contributed by atoms with Crippen molar-refractivity contribution in [2.75, 3.05) is 7.11 Å². The number of carboxylic acid groups (broad SMARTS) is 1. The summed E-state index contributed by atoms with van der Waals surface area (Å²) in [7, 11) is 1.37. The summed E-state index contributed by atoms with van der Waals surface area (Å²) in [5, 5.41) is 21.6. The highest BCUT2D eigenvalue weighted by Gasteiger charge is 2.70. The Morgan fingerprint density at radius 1 is 1.31 bits per heavy atom. The number of rotatable bonds is 4.